The highest BCUT2D eigenvalue weighted by Gasteiger charge is 2.36. The molecule has 0 saturated heterocycles. The molecule has 0 bridgehead atoms. The first kappa shape index (κ1) is 19.0. The lowest BCUT2D eigenvalue weighted by atomic mass is 9.69. The molecule has 1 rings (SSSR count). The second-order valence-electron chi connectivity index (χ2n) is 7.39. The Kier molecular flexibility index (Phi) is 7.37. The van der Waals surface area contributed by atoms with Gasteiger partial charge in [-0.3, -0.25) is 4.79 Å². The summed E-state index contributed by atoms with van der Waals surface area (Å²) >= 11 is 0. The molecule has 0 heterocycles. The van der Waals surface area contributed by atoms with E-state index >= 15 is 0 Å². The predicted octanol–water partition coefficient (Wildman–Crippen LogP) is 3.54. The zero-order valence-electron chi connectivity index (χ0n) is 15.0. The quantitative estimate of drug-likeness (QED) is 0.763. The highest BCUT2D eigenvalue weighted by Crippen LogP contribution is 2.38. The number of amides is 1. The highest BCUT2D eigenvalue weighted by molar-refractivity contribution is 5.86. The van der Waals surface area contributed by atoms with Crippen molar-refractivity contribution in [2.75, 3.05) is 0 Å². The van der Waals surface area contributed by atoms with Crippen molar-refractivity contribution in [2.45, 2.75) is 79.4 Å². The van der Waals surface area contributed by atoms with E-state index in [9.17, 15) is 9.59 Å². The van der Waals surface area contributed by atoms with E-state index in [0.29, 0.717) is 24.2 Å². The first-order valence-corrected chi connectivity index (χ1v) is 8.77. The maximum Gasteiger partial charge on any atom is 0.328 e. The number of esters is 1. The van der Waals surface area contributed by atoms with E-state index < -0.39 is 6.04 Å². The third-order valence-corrected chi connectivity index (χ3v) is 4.72. The van der Waals surface area contributed by atoms with Crippen molar-refractivity contribution in [3.63, 3.8) is 0 Å². The van der Waals surface area contributed by atoms with Gasteiger partial charge in [0.05, 0.1) is 6.10 Å². The summed E-state index contributed by atoms with van der Waals surface area (Å²) in [6, 6.07) is -0.528. The normalized spacial score (nSPS) is 26.8. The Morgan fingerprint density at radius 2 is 1.82 bits per heavy atom. The highest BCUT2D eigenvalue weighted by atomic mass is 16.5. The Balaban J connectivity index is 2.72. The molecule has 1 fully saturated rings. The lowest BCUT2D eigenvalue weighted by Gasteiger charge is -2.37. The minimum Gasteiger partial charge on any atom is -0.461 e. The van der Waals surface area contributed by atoms with E-state index in [0.717, 1.165) is 12.8 Å². The maximum absolute atomic E-state index is 12.7. The smallest absolute Gasteiger partial charge is 0.328 e. The summed E-state index contributed by atoms with van der Waals surface area (Å²) in [5.74, 6) is 1.20. The minimum atomic E-state index is -0.528. The Hall–Kier alpha value is -1.06. The predicted molar refractivity (Wildman–Crippen MR) is 88.3 cm³/mol. The van der Waals surface area contributed by atoms with Crippen LogP contribution < -0.4 is 5.32 Å². The second kappa shape index (κ2) is 8.54. The number of carbonyl (C=O) groups excluding carboxylic acids is 2. The second-order valence-corrected chi connectivity index (χ2v) is 7.39. The average molecular weight is 311 g/mol. The topological polar surface area (TPSA) is 55.4 Å². The molecule has 4 nitrogen and oxygen atoms in total. The van der Waals surface area contributed by atoms with Crippen molar-refractivity contribution in [2.24, 2.45) is 23.7 Å². The van der Waals surface area contributed by atoms with Crippen LogP contribution in [0.5, 0.6) is 0 Å². The number of carbonyl (C=O) groups is 2. The van der Waals surface area contributed by atoms with Gasteiger partial charge in [0.15, 0.2) is 0 Å². The van der Waals surface area contributed by atoms with Crippen molar-refractivity contribution in [3.05, 3.63) is 0 Å². The van der Waals surface area contributed by atoms with Gasteiger partial charge in [0.25, 0.3) is 0 Å². The molecule has 0 radical (unpaired) electrons. The Morgan fingerprint density at radius 3 is 2.32 bits per heavy atom. The van der Waals surface area contributed by atoms with E-state index in [4.69, 9.17) is 4.74 Å². The molecular formula is C18H33NO3. The summed E-state index contributed by atoms with van der Waals surface area (Å²) in [7, 11) is 0. The van der Waals surface area contributed by atoms with Crippen LogP contribution in [0.1, 0.15) is 67.2 Å². The SMILES string of the molecule is CC[C@@H](NC(=O)[C@@H]1C[C@H](C)CC[C@H]1C(C)C)C(=O)OC(C)C. The molecule has 0 aliphatic heterocycles. The van der Waals surface area contributed by atoms with Crippen LogP contribution >= 0.6 is 0 Å². The molecule has 1 aliphatic carbocycles. The van der Waals surface area contributed by atoms with E-state index in [1.165, 1.54) is 6.42 Å². The molecule has 0 aromatic carbocycles. The van der Waals surface area contributed by atoms with Gasteiger partial charge in [-0.05, 0) is 50.9 Å². The van der Waals surface area contributed by atoms with Crippen molar-refractivity contribution in [1.82, 2.24) is 5.32 Å². The van der Waals surface area contributed by atoms with Gasteiger partial charge in [0.1, 0.15) is 6.04 Å². The molecule has 1 saturated carbocycles. The monoisotopic (exact) mass is 311 g/mol. The van der Waals surface area contributed by atoms with E-state index in [-0.39, 0.29) is 23.9 Å². The van der Waals surface area contributed by atoms with Crippen LogP contribution in [0.25, 0.3) is 0 Å². The number of hydrogen-bond acceptors (Lipinski definition) is 3. The molecule has 0 aromatic rings. The summed E-state index contributed by atoms with van der Waals surface area (Å²) in [6.45, 7) is 12.1. The van der Waals surface area contributed by atoms with Crippen LogP contribution in [-0.4, -0.2) is 24.0 Å². The largest absolute Gasteiger partial charge is 0.461 e. The number of rotatable bonds is 6. The molecule has 0 unspecified atom stereocenters. The summed E-state index contributed by atoms with van der Waals surface area (Å²) in [4.78, 5) is 24.7. The van der Waals surface area contributed by atoms with Crippen LogP contribution in [0.3, 0.4) is 0 Å². The van der Waals surface area contributed by atoms with Crippen LogP contribution in [0, 0.1) is 23.7 Å². The number of ether oxygens (including phenoxy) is 1. The summed E-state index contributed by atoms with van der Waals surface area (Å²) in [5.41, 5.74) is 0. The number of hydrogen-bond donors (Lipinski definition) is 1. The minimum absolute atomic E-state index is 0.0182. The van der Waals surface area contributed by atoms with Crippen LogP contribution in [0.4, 0.5) is 0 Å². The Bertz CT molecular complexity index is 379. The molecule has 22 heavy (non-hydrogen) atoms. The lowest BCUT2D eigenvalue weighted by Crippen LogP contribution is -2.47. The zero-order chi connectivity index (χ0) is 16.9. The third kappa shape index (κ3) is 5.29. The fraction of sp³-hybridized carbons (Fsp3) is 0.889. The first-order valence-electron chi connectivity index (χ1n) is 8.77. The van der Waals surface area contributed by atoms with E-state index in [1.807, 2.05) is 20.8 Å². The van der Waals surface area contributed by atoms with E-state index in [1.54, 1.807) is 0 Å². The van der Waals surface area contributed by atoms with Crippen molar-refractivity contribution < 1.29 is 14.3 Å². The molecule has 0 spiro atoms. The average Bonchev–Trinajstić information content (AvgIpc) is 2.43. The van der Waals surface area contributed by atoms with Crippen LogP contribution in [-0.2, 0) is 14.3 Å². The zero-order valence-corrected chi connectivity index (χ0v) is 15.0. The van der Waals surface area contributed by atoms with Gasteiger partial charge in [-0.2, -0.15) is 0 Å². The Morgan fingerprint density at radius 1 is 1.18 bits per heavy atom. The van der Waals surface area contributed by atoms with Gasteiger partial charge in [-0.1, -0.05) is 34.1 Å². The fourth-order valence-corrected chi connectivity index (χ4v) is 3.42. The van der Waals surface area contributed by atoms with Gasteiger partial charge in [-0.15, -0.1) is 0 Å². The van der Waals surface area contributed by atoms with Crippen molar-refractivity contribution >= 4 is 11.9 Å². The molecule has 0 aromatic heterocycles. The standard InChI is InChI=1S/C18H33NO3/c1-7-16(18(21)22-12(4)5)19-17(20)15-10-13(6)8-9-14(15)11(2)3/h11-16H,7-10H2,1-6H3,(H,19,20)/t13-,14+,15-,16-/m1/s1. The van der Waals surface area contributed by atoms with Crippen LogP contribution in [0.15, 0.2) is 0 Å². The molecule has 1 aliphatic rings. The van der Waals surface area contributed by atoms with Crippen LogP contribution in [0.2, 0.25) is 0 Å². The third-order valence-electron chi connectivity index (χ3n) is 4.72. The lowest BCUT2D eigenvalue weighted by molar-refractivity contribution is -0.152. The summed E-state index contributed by atoms with van der Waals surface area (Å²) < 4.78 is 5.23. The summed E-state index contributed by atoms with van der Waals surface area (Å²) in [5, 5.41) is 2.93. The molecule has 4 atom stereocenters. The number of nitrogens with one attached hydrogen (secondary N) is 1. The maximum atomic E-state index is 12.7. The molecule has 128 valence electrons. The Labute approximate surface area is 135 Å². The molecule has 1 N–H and O–H groups in total. The molecular weight excluding hydrogens is 278 g/mol. The summed E-state index contributed by atoms with van der Waals surface area (Å²) in [6.07, 6.45) is 3.62. The van der Waals surface area contributed by atoms with Gasteiger partial charge in [0, 0.05) is 5.92 Å². The van der Waals surface area contributed by atoms with Crippen molar-refractivity contribution in [3.8, 4) is 0 Å². The first-order chi connectivity index (χ1) is 10.3. The van der Waals surface area contributed by atoms with Crippen molar-refractivity contribution in [1.29, 1.82) is 0 Å². The van der Waals surface area contributed by atoms with Gasteiger partial charge in [-0.25, -0.2) is 4.79 Å². The fourth-order valence-electron chi connectivity index (χ4n) is 3.42. The van der Waals surface area contributed by atoms with E-state index in [2.05, 4.69) is 26.1 Å². The van der Waals surface area contributed by atoms with Gasteiger partial charge >= 0.3 is 5.97 Å². The van der Waals surface area contributed by atoms with Gasteiger partial charge < -0.3 is 10.1 Å². The molecule has 1 amide bonds. The molecule has 4 heteroatoms. The van der Waals surface area contributed by atoms with Gasteiger partial charge in [0.2, 0.25) is 5.91 Å².